The number of fused-ring (bicyclic) bond motifs is 1. The number of guanidine groups is 1. The number of aliphatic imine (C=N–C) groups is 1. The highest BCUT2D eigenvalue weighted by Gasteiger charge is 2.16. The Bertz CT molecular complexity index is 643. The Morgan fingerprint density at radius 3 is 2.83 bits per heavy atom. The highest BCUT2D eigenvalue weighted by atomic mass is 127. The molecule has 0 unspecified atom stereocenters. The predicted octanol–water partition coefficient (Wildman–Crippen LogP) is 3.09. The van der Waals surface area contributed by atoms with Gasteiger partial charge < -0.3 is 15.2 Å². The molecule has 23 heavy (non-hydrogen) atoms. The standard InChI is InChI=1S/C17H25N5.HI/c1-14-7-11-21(12-8-14)17(18)19-9-4-10-22-13-20-15-5-2-3-6-16(15)22;/h2-3,5-6,13-14H,4,7-12H2,1H3,(H2,18,19);1H. The number of hydrogen-bond donors (Lipinski definition) is 1. The Labute approximate surface area is 155 Å². The fraction of sp³-hybridized carbons (Fsp3) is 0.529. The van der Waals surface area contributed by atoms with Gasteiger partial charge in [0.2, 0.25) is 0 Å². The number of likely N-dealkylation sites (tertiary alicyclic amines) is 1. The molecule has 1 fully saturated rings. The number of benzene rings is 1. The number of imidazole rings is 1. The number of nitrogens with two attached hydrogens (primary N) is 1. The van der Waals surface area contributed by atoms with E-state index in [1.807, 2.05) is 24.5 Å². The van der Waals surface area contributed by atoms with Crippen molar-refractivity contribution in [2.45, 2.75) is 32.7 Å². The van der Waals surface area contributed by atoms with Gasteiger partial charge in [-0.3, -0.25) is 4.99 Å². The molecule has 0 saturated carbocycles. The second-order valence-corrected chi connectivity index (χ2v) is 6.19. The summed E-state index contributed by atoms with van der Waals surface area (Å²) in [7, 11) is 0. The van der Waals surface area contributed by atoms with Crippen LogP contribution in [0.25, 0.3) is 11.0 Å². The number of rotatable bonds is 4. The third-order valence-electron chi connectivity index (χ3n) is 4.47. The smallest absolute Gasteiger partial charge is 0.191 e. The monoisotopic (exact) mass is 427 g/mol. The Morgan fingerprint density at radius 2 is 2.04 bits per heavy atom. The van der Waals surface area contributed by atoms with Crippen molar-refractivity contribution >= 4 is 41.0 Å². The summed E-state index contributed by atoms with van der Waals surface area (Å²) in [6.07, 6.45) is 5.32. The van der Waals surface area contributed by atoms with E-state index >= 15 is 0 Å². The van der Waals surface area contributed by atoms with Crippen LogP contribution in [0.5, 0.6) is 0 Å². The Balaban J connectivity index is 0.00000192. The van der Waals surface area contributed by atoms with Gasteiger partial charge in [0.25, 0.3) is 0 Å². The zero-order valence-corrected chi connectivity index (χ0v) is 16.0. The third-order valence-corrected chi connectivity index (χ3v) is 4.47. The lowest BCUT2D eigenvalue weighted by atomic mass is 10.00. The van der Waals surface area contributed by atoms with E-state index in [2.05, 4.69) is 32.4 Å². The van der Waals surface area contributed by atoms with Crippen molar-refractivity contribution in [3.05, 3.63) is 30.6 Å². The molecule has 1 aromatic carbocycles. The van der Waals surface area contributed by atoms with E-state index in [1.165, 1.54) is 18.4 Å². The van der Waals surface area contributed by atoms with E-state index in [1.54, 1.807) is 0 Å². The van der Waals surface area contributed by atoms with Crippen LogP contribution in [-0.2, 0) is 6.54 Å². The third kappa shape index (κ3) is 4.59. The molecular weight excluding hydrogens is 401 g/mol. The largest absolute Gasteiger partial charge is 0.370 e. The Hall–Kier alpha value is -1.31. The van der Waals surface area contributed by atoms with Crippen LogP contribution in [0.2, 0.25) is 0 Å². The normalized spacial score (nSPS) is 16.6. The molecule has 0 amide bonds. The van der Waals surface area contributed by atoms with Crippen LogP contribution in [-0.4, -0.2) is 40.0 Å². The lowest BCUT2D eigenvalue weighted by Gasteiger charge is -2.31. The highest BCUT2D eigenvalue weighted by molar-refractivity contribution is 14.0. The molecule has 5 nitrogen and oxygen atoms in total. The first-order valence-electron chi connectivity index (χ1n) is 8.19. The van der Waals surface area contributed by atoms with Crippen molar-refractivity contribution in [2.75, 3.05) is 19.6 Å². The number of hydrogen-bond acceptors (Lipinski definition) is 2. The topological polar surface area (TPSA) is 59.4 Å². The average molecular weight is 427 g/mol. The molecule has 0 atom stereocenters. The number of aryl methyl sites for hydroxylation is 1. The SMILES string of the molecule is CC1CCN(C(N)=NCCCn2cnc3ccccc32)CC1.I. The summed E-state index contributed by atoms with van der Waals surface area (Å²) >= 11 is 0. The van der Waals surface area contributed by atoms with Crippen molar-refractivity contribution in [3.63, 3.8) is 0 Å². The molecule has 1 saturated heterocycles. The van der Waals surface area contributed by atoms with Gasteiger partial charge in [-0.1, -0.05) is 19.1 Å². The summed E-state index contributed by atoms with van der Waals surface area (Å²) in [5, 5.41) is 0. The van der Waals surface area contributed by atoms with Gasteiger partial charge in [-0.15, -0.1) is 24.0 Å². The lowest BCUT2D eigenvalue weighted by Crippen LogP contribution is -2.42. The number of piperidine rings is 1. The van der Waals surface area contributed by atoms with Gasteiger partial charge in [0.05, 0.1) is 17.4 Å². The predicted molar refractivity (Wildman–Crippen MR) is 106 cm³/mol. The second kappa shape index (κ2) is 8.52. The van der Waals surface area contributed by atoms with Gasteiger partial charge >= 0.3 is 0 Å². The zero-order chi connectivity index (χ0) is 15.4. The molecule has 2 heterocycles. The van der Waals surface area contributed by atoms with Gasteiger partial charge in [0, 0.05) is 26.2 Å². The Morgan fingerprint density at radius 1 is 1.30 bits per heavy atom. The molecule has 2 aromatic rings. The number of halogens is 1. The molecule has 0 spiro atoms. The minimum atomic E-state index is 0. The van der Waals surface area contributed by atoms with Crippen molar-refractivity contribution < 1.29 is 0 Å². The quantitative estimate of drug-likeness (QED) is 0.353. The van der Waals surface area contributed by atoms with Gasteiger partial charge in [-0.25, -0.2) is 4.98 Å². The Kier molecular flexibility index (Phi) is 6.68. The first-order valence-corrected chi connectivity index (χ1v) is 8.19. The molecule has 6 heteroatoms. The van der Waals surface area contributed by atoms with E-state index in [-0.39, 0.29) is 24.0 Å². The van der Waals surface area contributed by atoms with E-state index in [9.17, 15) is 0 Å². The molecule has 1 aromatic heterocycles. The average Bonchev–Trinajstić information content (AvgIpc) is 2.95. The van der Waals surface area contributed by atoms with Gasteiger partial charge in [0.15, 0.2) is 5.96 Å². The molecule has 0 bridgehead atoms. The maximum atomic E-state index is 6.10. The summed E-state index contributed by atoms with van der Waals surface area (Å²) in [5.41, 5.74) is 8.33. The van der Waals surface area contributed by atoms with Crippen molar-refractivity contribution in [2.24, 2.45) is 16.6 Å². The summed E-state index contributed by atoms with van der Waals surface area (Å²) in [5.74, 6) is 1.53. The van der Waals surface area contributed by atoms with Crippen molar-refractivity contribution in [1.29, 1.82) is 0 Å². The van der Waals surface area contributed by atoms with Crippen LogP contribution in [0.1, 0.15) is 26.2 Å². The molecular formula is C17H26IN5. The van der Waals surface area contributed by atoms with Crippen LogP contribution in [0.15, 0.2) is 35.6 Å². The number of aromatic nitrogens is 2. The van der Waals surface area contributed by atoms with Gasteiger partial charge in [0.1, 0.15) is 0 Å². The fourth-order valence-corrected chi connectivity index (χ4v) is 2.96. The molecule has 0 aliphatic carbocycles. The first kappa shape index (κ1) is 18.0. The summed E-state index contributed by atoms with van der Waals surface area (Å²) in [4.78, 5) is 11.2. The second-order valence-electron chi connectivity index (χ2n) is 6.19. The minimum absolute atomic E-state index is 0. The van der Waals surface area contributed by atoms with Crippen molar-refractivity contribution in [1.82, 2.24) is 14.5 Å². The summed E-state index contributed by atoms with van der Waals surface area (Å²) < 4.78 is 2.18. The van der Waals surface area contributed by atoms with E-state index < -0.39 is 0 Å². The summed E-state index contributed by atoms with van der Waals surface area (Å²) in [6.45, 7) is 6.09. The molecule has 1 aliphatic rings. The maximum absolute atomic E-state index is 6.10. The maximum Gasteiger partial charge on any atom is 0.191 e. The highest BCUT2D eigenvalue weighted by Crippen LogP contribution is 2.15. The summed E-state index contributed by atoms with van der Waals surface area (Å²) in [6, 6.07) is 8.21. The molecule has 0 radical (unpaired) electrons. The van der Waals surface area contributed by atoms with Crippen molar-refractivity contribution in [3.8, 4) is 0 Å². The van der Waals surface area contributed by atoms with Gasteiger partial charge in [-0.2, -0.15) is 0 Å². The van der Waals surface area contributed by atoms with Crippen LogP contribution < -0.4 is 5.73 Å². The van der Waals surface area contributed by atoms with E-state index in [0.29, 0.717) is 5.96 Å². The first-order chi connectivity index (χ1) is 10.7. The van der Waals surface area contributed by atoms with Crippen LogP contribution >= 0.6 is 24.0 Å². The molecule has 126 valence electrons. The number of nitrogens with zero attached hydrogens (tertiary/aromatic N) is 4. The van der Waals surface area contributed by atoms with E-state index in [0.717, 1.165) is 44.0 Å². The lowest BCUT2D eigenvalue weighted by molar-refractivity contribution is 0.277. The van der Waals surface area contributed by atoms with E-state index in [4.69, 9.17) is 5.73 Å². The fourth-order valence-electron chi connectivity index (χ4n) is 2.96. The van der Waals surface area contributed by atoms with Gasteiger partial charge in [-0.05, 0) is 37.3 Å². The molecule has 3 rings (SSSR count). The minimum Gasteiger partial charge on any atom is -0.370 e. The molecule has 1 aliphatic heterocycles. The zero-order valence-electron chi connectivity index (χ0n) is 13.7. The van der Waals surface area contributed by atoms with Crippen LogP contribution in [0.3, 0.4) is 0 Å². The molecule has 2 N–H and O–H groups in total. The van der Waals surface area contributed by atoms with Crippen LogP contribution in [0.4, 0.5) is 0 Å². The number of para-hydroxylation sites is 2. The van der Waals surface area contributed by atoms with Crippen LogP contribution in [0, 0.1) is 5.92 Å².